The van der Waals surface area contributed by atoms with Gasteiger partial charge in [0.25, 0.3) is 0 Å². The van der Waals surface area contributed by atoms with Crippen molar-refractivity contribution in [3.8, 4) is 6.07 Å². The van der Waals surface area contributed by atoms with Crippen LogP contribution in [-0.2, 0) is 6.42 Å². The summed E-state index contributed by atoms with van der Waals surface area (Å²) in [5, 5.41) is 18.8. The molecule has 0 aliphatic heterocycles. The number of hydrogen-bond donors (Lipinski definition) is 0. The lowest BCUT2D eigenvalue weighted by atomic mass is 10.2. The van der Waals surface area contributed by atoms with Gasteiger partial charge in [-0.3, -0.25) is 14.9 Å². The first-order valence-electron chi connectivity index (χ1n) is 3.71. The molecule has 1 aromatic heterocycles. The van der Waals surface area contributed by atoms with E-state index in [1.54, 1.807) is 0 Å². The van der Waals surface area contributed by atoms with E-state index in [-0.39, 0.29) is 17.2 Å². The molecule has 0 fully saturated rings. The van der Waals surface area contributed by atoms with Gasteiger partial charge in [0.05, 0.1) is 27.9 Å². The first kappa shape index (κ1) is 10.3. The van der Waals surface area contributed by atoms with Gasteiger partial charge in [-0.1, -0.05) is 11.3 Å². The number of nitrogens with zero attached hydrogens (tertiary/aromatic N) is 2. The molecule has 0 aliphatic rings. The molecule has 72 valence electrons. The molecule has 6 heteroatoms. The second-order valence-corrected chi connectivity index (χ2v) is 3.62. The summed E-state index contributed by atoms with van der Waals surface area (Å²) in [5.74, 6) is -0.220. The molecule has 0 aromatic carbocycles. The van der Waals surface area contributed by atoms with Crippen LogP contribution in [0, 0.1) is 21.4 Å². The minimum atomic E-state index is -0.566. The van der Waals surface area contributed by atoms with Crippen LogP contribution in [0.25, 0.3) is 0 Å². The monoisotopic (exact) mass is 210 g/mol. The molecule has 1 aromatic rings. The fraction of sp³-hybridized carbons (Fsp3) is 0.250. The van der Waals surface area contributed by atoms with E-state index in [2.05, 4.69) is 0 Å². The van der Waals surface area contributed by atoms with Gasteiger partial charge in [-0.15, -0.1) is 0 Å². The summed E-state index contributed by atoms with van der Waals surface area (Å²) < 4.78 is 0. The fourth-order valence-corrected chi connectivity index (χ4v) is 1.85. The van der Waals surface area contributed by atoms with Crippen molar-refractivity contribution in [3.63, 3.8) is 0 Å². The quantitative estimate of drug-likeness (QED) is 0.433. The zero-order valence-electron chi connectivity index (χ0n) is 7.31. The predicted octanol–water partition coefficient (Wildman–Crippen LogP) is 1.92. The first-order chi connectivity index (χ1) is 6.56. The SMILES string of the molecule is CC(=O)c1cc(CC#N)c([N+](=O)[O-])s1. The molecular formula is C8H6N2O3S. The second kappa shape index (κ2) is 3.98. The van der Waals surface area contributed by atoms with Crippen LogP contribution in [0.5, 0.6) is 0 Å². The molecule has 14 heavy (non-hydrogen) atoms. The summed E-state index contributed by atoms with van der Waals surface area (Å²) in [4.78, 5) is 21.2. The molecule has 5 nitrogen and oxygen atoms in total. The smallest absolute Gasteiger partial charge is 0.294 e. The molecule has 0 saturated heterocycles. The van der Waals surface area contributed by atoms with Gasteiger partial charge in [0, 0.05) is 0 Å². The Morgan fingerprint density at radius 2 is 2.43 bits per heavy atom. The van der Waals surface area contributed by atoms with Crippen LogP contribution in [0.2, 0.25) is 0 Å². The van der Waals surface area contributed by atoms with E-state index in [1.165, 1.54) is 13.0 Å². The third-order valence-corrected chi connectivity index (χ3v) is 2.80. The lowest BCUT2D eigenvalue weighted by Gasteiger charge is -1.86. The van der Waals surface area contributed by atoms with E-state index in [9.17, 15) is 14.9 Å². The van der Waals surface area contributed by atoms with Crippen LogP contribution >= 0.6 is 11.3 Å². The molecule has 0 amide bonds. The van der Waals surface area contributed by atoms with Gasteiger partial charge in [0.1, 0.15) is 0 Å². The van der Waals surface area contributed by atoms with Gasteiger partial charge >= 0.3 is 5.00 Å². The normalized spacial score (nSPS) is 9.43. The lowest BCUT2D eigenvalue weighted by molar-refractivity contribution is -0.380. The van der Waals surface area contributed by atoms with Crippen molar-refractivity contribution >= 4 is 22.1 Å². The molecule has 0 bridgehead atoms. The summed E-state index contributed by atoms with van der Waals surface area (Å²) in [7, 11) is 0. The topological polar surface area (TPSA) is 84.0 Å². The zero-order chi connectivity index (χ0) is 10.7. The number of rotatable bonds is 3. The largest absolute Gasteiger partial charge is 0.328 e. The van der Waals surface area contributed by atoms with E-state index < -0.39 is 4.92 Å². The number of carbonyl (C=O) groups excluding carboxylic acids is 1. The van der Waals surface area contributed by atoms with Crippen molar-refractivity contribution in [1.29, 1.82) is 5.26 Å². The molecule has 1 heterocycles. The van der Waals surface area contributed by atoms with Crippen LogP contribution in [0.4, 0.5) is 5.00 Å². The average molecular weight is 210 g/mol. The van der Waals surface area contributed by atoms with Crippen molar-refractivity contribution < 1.29 is 9.72 Å². The van der Waals surface area contributed by atoms with Crippen molar-refractivity contribution in [2.75, 3.05) is 0 Å². The van der Waals surface area contributed by atoms with Crippen molar-refractivity contribution in [2.45, 2.75) is 13.3 Å². The Morgan fingerprint density at radius 1 is 1.79 bits per heavy atom. The number of nitriles is 1. The summed E-state index contributed by atoms with van der Waals surface area (Å²) in [5.41, 5.74) is 0.313. The Bertz CT molecular complexity index is 430. The van der Waals surface area contributed by atoms with Crippen LogP contribution in [0.15, 0.2) is 6.07 Å². The highest BCUT2D eigenvalue weighted by Crippen LogP contribution is 2.30. The Labute approximate surface area is 83.7 Å². The molecule has 1 rings (SSSR count). The molecule has 0 saturated carbocycles. The first-order valence-corrected chi connectivity index (χ1v) is 4.53. The maximum Gasteiger partial charge on any atom is 0.328 e. The lowest BCUT2D eigenvalue weighted by Crippen LogP contribution is -1.88. The Morgan fingerprint density at radius 3 is 2.86 bits per heavy atom. The van der Waals surface area contributed by atoms with E-state index in [0.717, 1.165) is 11.3 Å². The number of hydrogen-bond acceptors (Lipinski definition) is 5. The standard InChI is InChI=1S/C8H6N2O3S/c1-5(11)7-4-6(2-3-9)8(14-7)10(12)13/h4H,2H2,1H3. The van der Waals surface area contributed by atoms with E-state index in [4.69, 9.17) is 5.26 Å². The molecular weight excluding hydrogens is 204 g/mol. The summed E-state index contributed by atoms with van der Waals surface area (Å²) in [6.45, 7) is 1.34. The number of nitro groups is 1. The molecule has 0 radical (unpaired) electrons. The highest BCUT2D eigenvalue weighted by atomic mass is 32.1. The third-order valence-electron chi connectivity index (χ3n) is 1.57. The van der Waals surface area contributed by atoms with Crippen molar-refractivity contribution in [2.24, 2.45) is 0 Å². The second-order valence-electron chi connectivity index (χ2n) is 2.59. The predicted molar refractivity (Wildman–Crippen MR) is 50.3 cm³/mol. The van der Waals surface area contributed by atoms with Gasteiger partial charge in [0.2, 0.25) is 0 Å². The maximum absolute atomic E-state index is 10.9. The van der Waals surface area contributed by atoms with Crippen molar-refractivity contribution in [1.82, 2.24) is 0 Å². The van der Waals surface area contributed by atoms with Gasteiger partial charge in [-0.05, 0) is 13.0 Å². The summed E-state index contributed by atoms with van der Waals surface area (Å²) in [6, 6.07) is 3.23. The summed E-state index contributed by atoms with van der Waals surface area (Å²) in [6.07, 6.45) is -0.0416. The fourth-order valence-electron chi connectivity index (χ4n) is 0.959. The number of ketones is 1. The van der Waals surface area contributed by atoms with Crippen LogP contribution < -0.4 is 0 Å². The minimum Gasteiger partial charge on any atom is -0.294 e. The number of thiophene rings is 1. The molecule has 0 N–H and O–H groups in total. The highest BCUT2D eigenvalue weighted by molar-refractivity contribution is 7.17. The third kappa shape index (κ3) is 1.95. The van der Waals surface area contributed by atoms with Crippen molar-refractivity contribution in [3.05, 3.63) is 26.6 Å². The Kier molecular flexibility index (Phi) is 2.94. The van der Waals surface area contributed by atoms with E-state index in [0.29, 0.717) is 10.4 Å². The molecule has 0 atom stereocenters. The van der Waals surface area contributed by atoms with Gasteiger partial charge in [-0.2, -0.15) is 5.26 Å². The maximum atomic E-state index is 10.9. The summed E-state index contributed by atoms with van der Waals surface area (Å²) >= 11 is 0.816. The van der Waals surface area contributed by atoms with E-state index >= 15 is 0 Å². The Hall–Kier alpha value is -1.74. The zero-order valence-corrected chi connectivity index (χ0v) is 8.13. The van der Waals surface area contributed by atoms with E-state index in [1.807, 2.05) is 6.07 Å². The van der Waals surface area contributed by atoms with Crippen LogP contribution in [0.3, 0.4) is 0 Å². The Balaban J connectivity index is 3.20. The van der Waals surface area contributed by atoms with Gasteiger partial charge in [0.15, 0.2) is 5.78 Å². The molecule has 0 unspecified atom stereocenters. The highest BCUT2D eigenvalue weighted by Gasteiger charge is 2.20. The van der Waals surface area contributed by atoms with Crippen LogP contribution in [0.1, 0.15) is 22.2 Å². The van der Waals surface area contributed by atoms with Gasteiger partial charge < -0.3 is 0 Å². The average Bonchev–Trinajstić information content (AvgIpc) is 2.49. The number of carbonyl (C=O) groups is 1. The minimum absolute atomic E-state index is 0.0416. The number of Topliss-reactive ketones (excluding diaryl/α,β-unsaturated/α-hetero) is 1. The molecule has 0 aliphatic carbocycles. The van der Waals surface area contributed by atoms with Crippen LogP contribution in [-0.4, -0.2) is 10.7 Å². The molecule has 0 spiro atoms. The van der Waals surface area contributed by atoms with Gasteiger partial charge in [-0.25, -0.2) is 0 Å².